The van der Waals surface area contributed by atoms with E-state index in [-0.39, 0.29) is 5.92 Å². The summed E-state index contributed by atoms with van der Waals surface area (Å²) in [5, 5.41) is 0. The normalized spacial score (nSPS) is 12.0. The number of ether oxygens (including phenoxy) is 4. The lowest BCUT2D eigenvalue weighted by Crippen LogP contribution is -2.17. The van der Waals surface area contributed by atoms with Crippen LogP contribution in [0, 0.1) is 5.92 Å². The molecule has 0 fully saturated rings. The molecule has 0 saturated carbocycles. The Morgan fingerprint density at radius 3 is 1.47 bits per heavy atom. The van der Waals surface area contributed by atoms with Gasteiger partial charge in [-0.3, -0.25) is 0 Å². The van der Waals surface area contributed by atoms with Gasteiger partial charge < -0.3 is 30.4 Å². The zero-order valence-corrected chi connectivity index (χ0v) is 19.1. The van der Waals surface area contributed by atoms with Crippen LogP contribution in [0.1, 0.15) is 56.6 Å². The molecule has 0 aliphatic carbocycles. The minimum absolute atomic E-state index is 0.00421. The predicted octanol–water partition coefficient (Wildman–Crippen LogP) is 5.23. The van der Waals surface area contributed by atoms with E-state index in [1.54, 1.807) is 28.4 Å². The first-order valence-electron chi connectivity index (χ1n) is 10.5. The van der Waals surface area contributed by atoms with Crippen LogP contribution < -0.4 is 30.4 Å². The summed E-state index contributed by atoms with van der Waals surface area (Å²) in [5.41, 5.74) is 15.4. The molecule has 0 heterocycles. The molecule has 166 valence electrons. The number of anilines is 2. The van der Waals surface area contributed by atoms with Crippen LogP contribution in [0.5, 0.6) is 23.0 Å². The molecule has 0 bridgehead atoms. The Balaban J connectivity index is 2.80. The Morgan fingerprint density at radius 1 is 0.700 bits per heavy atom. The van der Waals surface area contributed by atoms with Crippen LogP contribution in [-0.4, -0.2) is 28.4 Å². The lowest BCUT2D eigenvalue weighted by molar-refractivity contribution is 0.356. The lowest BCUT2D eigenvalue weighted by Gasteiger charge is -2.31. The number of methoxy groups -OCH3 is 4. The SMILES string of the molecule is CCCCC(CC)C(c1cc(OC)c(N)cc1OC)c1cc(OC)c(N)cc1OC. The van der Waals surface area contributed by atoms with Crippen molar-refractivity contribution in [3.05, 3.63) is 35.4 Å². The fourth-order valence-corrected chi connectivity index (χ4v) is 4.12. The monoisotopic (exact) mass is 416 g/mol. The lowest BCUT2D eigenvalue weighted by atomic mass is 9.76. The van der Waals surface area contributed by atoms with E-state index in [1.807, 2.05) is 24.3 Å². The van der Waals surface area contributed by atoms with Crippen LogP contribution >= 0.6 is 0 Å². The van der Waals surface area contributed by atoms with Crippen LogP contribution in [0.3, 0.4) is 0 Å². The largest absolute Gasteiger partial charge is 0.496 e. The maximum Gasteiger partial charge on any atom is 0.142 e. The third kappa shape index (κ3) is 4.86. The van der Waals surface area contributed by atoms with Gasteiger partial charge in [-0.1, -0.05) is 33.1 Å². The average Bonchev–Trinajstić information content (AvgIpc) is 2.76. The molecule has 0 radical (unpaired) electrons. The van der Waals surface area contributed by atoms with Crippen LogP contribution in [0.4, 0.5) is 11.4 Å². The molecule has 6 nitrogen and oxygen atoms in total. The number of unbranched alkanes of at least 4 members (excludes halogenated alkanes) is 1. The van der Waals surface area contributed by atoms with Gasteiger partial charge in [0, 0.05) is 29.2 Å². The van der Waals surface area contributed by atoms with Crippen molar-refractivity contribution in [2.24, 2.45) is 5.92 Å². The number of hydrogen-bond donors (Lipinski definition) is 2. The smallest absolute Gasteiger partial charge is 0.142 e. The van der Waals surface area contributed by atoms with E-state index in [9.17, 15) is 0 Å². The molecule has 1 unspecified atom stereocenters. The van der Waals surface area contributed by atoms with Gasteiger partial charge in [0.25, 0.3) is 0 Å². The van der Waals surface area contributed by atoms with Gasteiger partial charge in [0.1, 0.15) is 23.0 Å². The van der Waals surface area contributed by atoms with Crippen LogP contribution in [0.15, 0.2) is 24.3 Å². The van der Waals surface area contributed by atoms with Crippen molar-refractivity contribution >= 4 is 11.4 Å². The topological polar surface area (TPSA) is 89.0 Å². The molecule has 2 aromatic rings. The van der Waals surface area contributed by atoms with Crippen LogP contribution in [0.2, 0.25) is 0 Å². The number of hydrogen-bond acceptors (Lipinski definition) is 6. The second-order valence-electron chi connectivity index (χ2n) is 7.46. The molecule has 0 spiro atoms. The molecule has 2 aromatic carbocycles. The summed E-state index contributed by atoms with van der Waals surface area (Å²) >= 11 is 0. The summed E-state index contributed by atoms with van der Waals surface area (Å²) < 4.78 is 22.6. The summed E-state index contributed by atoms with van der Waals surface area (Å²) in [6.45, 7) is 4.43. The highest BCUT2D eigenvalue weighted by molar-refractivity contribution is 5.65. The first-order valence-corrected chi connectivity index (χ1v) is 10.5. The molecule has 0 aliphatic heterocycles. The predicted molar refractivity (Wildman–Crippen MR) is 123 cm³/mol. The third-order valence-electron chi connectivity index (χ3n) is 5.76. The molecule has 6 heteroatoms. The second kappa shape index (κ2) is 10.9. The molecule has 1 atom stereocenters. The highest BCUT2D eigenvalue weighted by Crippen LogP contribution is 2.48. The molecular formula is C24H36N2O4. The average molecular weight is 417 g/mol. The van der Waals surface area contributed by atoms with E-state index >= 15 is 0 Å². The minimum atomic E-state index is -0.00421. The number of benzene rings is 2. The molecule has 4 N–H and O–H groups in total. The van der Waals surface area contributed by atoms with Crippen LogP contribution in [-0.2, 0) is 0 Å². The van der Waals surface area contributed by atoms with Crippen molar-refractivity contribution in [1.82, 2.24) is 0 Å². The van der Waals surface area contributed by atoms with Gasteiger partial charge >= 0.3 is 0 Å². The Hall–Kier alpha value is -2.76. The van der Waals surface area contributed by atoms with Gasteiger partial charge in [0.2, 0.25) is 0 Å². The van der Waals surface area contributed by atoms with Gasteiger partial charge in [-0.2, -0.15) is 0 Å². The number of rotatable bonds is 11. The molecule has 2 rings (SSSR count). The highest BCUT2D eigenvalue weighted by atomic mass is 16.5. The van der Waals surface area contributed by atoms with Gasteiger partial charge in [-0.05, 0) is 24.5 Å². The standard InChI is InChI=1S/C24H36N2O4/c1-7-9-10-15(8-2)24(16-11-22(29-5)18(25)13-20(16)27-3)17-12-23(30-6)19(26)14-21(17)28-4/h11-15,24H,7-10,25-26H2,1-6H3. The van der Waals surface area contributed by atoms with Gasteiger partial charge in [0.05, 0.1) is 39.8 Å². The summed E-state index contributed by atoms with van der Waals surface area (Å²) in [5.74, 6) is 3.06. The van der Waals surface area contributed by atoms with Gasteiger partial charge in [0.15, 0.2) is 0 Å². The van der Waals surface area contributed by atoms with Crippen molar-refractivity contribution in [1.29, 1.82) is 0 Å². The molecule has 30 heavy (non-hydrogen) atoms. The number of nitrogen functional groups attached to an aromatic ring is 2. The van der Waals surface area contributed by atoms with Crippen molar-refractivity contribution in [2.45, 2.75) is 45.4 Å². The van der Waals surface area contributed by atoms with Gasteiger partial charge in [-0.15, -0.1) is 0 Å². The third-order valence-corrected chi connectivity index (χ3v) is 5.76. The minimum Gasteiger partial charge on any atom is -0.496 e. The maximum atomic E-state index is 6.16. The summed E-state index contributed by atoms with van der Waals surface area (Å²) in [6.07, 6.45) is 4.34. The highest BCUT2D eigenvalue weighted by Gasteiger charge is 2.30. The van der Waals surface area contributed by atoms with Crippen molar-refractivity contribution in [3.63, 3.8) is 0 Å². The molecule has 0 amide bonds. The Labute approximate surface area is 180 Å². The molecule has 0 aromatic heterocycles. The van der Waals surface area contributed by atoms with E-state index in [4.69, 9.17) is 30.4 Å². The van der Waals surface area contributed by atoms with Crippen LogP contribution in [0.25, 0.3) is 0 Å². The van der Waals surface area contributed by atoms with Gasteiger partial charge in [-0.25, -0.2) is 0 Å². The molecule has 0 aliphatic rings. The van der Waals surface area contributed by atoms with Crippen molar-refractivity contribution < 1.29 is 18.9 Å². The van der Waals surface area contributed by atoms with E-state index in [2.05, 4.69) is 13.8 Å². The van der Waals surface area contributed by atoms with E-state index in [0.717, 1.165) is 48.3 Å². The van der Waals surface area contributed by atoms with E-state index < -0.39 is 0 Å². The molecular weight excluding hydrogens is 380 g/mol. The first-order chi connectivity index (χ1) is 14.4. The van der Waals surface area contributed by atoms with E-state index in [1.165, 1.54) is 0 Å². The Bertz CT molecular complexity index is 777. The maximum absolute atomic E-state index is 6.16. The fraction of sp³-hybridized carbons (Fsp3) is 0.500. The summed E-state index contributed by atoms with van der Waals surface area (Å²) in [4.78, 5) is 0. The second-order valence-corrected chi connectivity index (χ2v) is 7.46. The number of nitrogens with two attached hydrogens (primary N) is 2. The van der Waals surface area contributed by atoms with Crippen molar-refractivity contribution in [3.8, 4) is 23.0 Å². The quantitative estimate of drug-likeness (QED) is 0.487. The van der Waals surface area contributed by atoms with Crippen molar-refractivity contribution in [2.75, 3.05) is 39.9 Å². The summed E-state index contributed by atoms with van der Waals surface area (Å²) in [6, 6.07) is 7.62. The zero-order chi connectivity index (χ0) is 22.3. The first kappa shape index (κ1) is 23.5. The fourth-order valence-electron chi connectivity index (χ4n) is 4.12. The molecule has 0 saturated heterocycles. The zero-order valence-electron chi connectivity index (χ0n) is 19.1. The summed E-state index contributed by atoms with van der Waals surface area (Å²) in [7, 11) is 6.57. The Kier molecular flexibility index (Phi) is 8.51. The Morgan fingerprint density at radius 2 is 1.13 bits per heavy atom. The van der Waals surface area contributed by atoms with E-state index in [0.29, 0.717) is 28.8 Å².